The standard InChI is InChI=1S/C17H21N3O2S/c1-11(21)18-17-20-14-10-13(7-8-15(14)23-17)19-16(22)9-12-5-3-2-4-6-12/h7-8,10,12H,2-6,9H2,1H3,(H,19,22)(H,18,20,21). The molecule has 0 spiro atoms. The number of hydrogen-bond acceptors (Lipinski definition) is 4. The molecule has 0 atom stereocenters. The summed E-state index contributed by atoms with van der Waals surface area (Å²) in [6, 6.07) is 5.67. The first-order valence-electron chi connectivity index (χ1n) is 8.08. The fourth-order valence-electron chi connectivity index (χ4n) is 3.07. The molecule has 0 bridgehead atoms. The molecule has 122 valence electrons. The second-order valence-corrected chi connectivity index (χ2v) is 7.17. The van der Waals surface area contributed by atoms with Gasteiger partial charge in [0.05, 0.1) is 10.2 Å². The summed E-state index contributed by atoms with van der Waals surface area (Å²) < 4.78 is 0.985. The molecule has 1 aliphatic carbocycles. The first kappa shape index (κ1) is 15.9. The summed E-state index contributed by atoms with van der Waals surface area (Å²) in [7, 11) is 0. The monoisotopic (exact) mass is 331 g/mol. The van der Waals surface area contributed by atoms with E-state index in [1.807, 2.05) is 18.2 Å². The number of carbonyl (C=O) groups excluding carboxylic acids is 2. The molecule has 2 N–H and O–H groups in total. The van der Waals surface area contributed by atoms with Crippen LogP contribution >= 0.6 is 11.3 Å². The number of thiazole rings is 1. The average Bonchev–Trinajstić information content (AvgIpc) is 2.88. The maximum Gasteiger partial charge on any atom is 0.224 e. The molecule has 5 nitrogen and oxygen atoms in total. The normalized spacial score (nSPS) is 15.5. The van der Waals surface area contributed by atoms with Crippen molar-refractivity contribution in [1.29, 1.82) is 0 Å². The molecular weight excluding hydrogens is 310 g/mol. The Morgan fingerprint density at radius 2 is 2.00 bits per heavy atom. The number of nitrogens with zero attached hydrogens (tertiary/aromatic N) is 1. The molecule has 1 aliphatic rings. The van der Waals surface area contributed by atoms with Crippen LogP contribution in [-0.2, 0) is 9.59 Å². The number of rotatable bonds is 4. The van der Waals surface area contributed by atoms with Gasteiger partial charge in [-0.2, -0.15) is 0 Å². The maximum absolute atomic E-state index is 12.2. The molecule has 1 fully saturated rings. The molecule has 3 rings (SSSR count). The lowest BCUT2D eigenvalue weighted by molar-refractivity contribution is -0.117. The maximum atomic E-state index is 12.2. The molecule has 2 amide bonds. The number of hydrogen-bond donors (Lipinski definition) is 2. The third-order valence-corrected chi connectivity index (χ3v) is 5.10. The summed E-state index contributed by atoms with van der Waals surface area (Å²) in [5.74, 6) is 0.469. The molecule has 23 heavy (non-hydrogen) atoms. The van der Waals surface area contributed by atoms with Gasteiger partial charge in [0.15, 0.2) is 5.13 Å². The SMILES string of the molecule is CC(=O)Nc1nc2cc(NC(=O)CC3CCCCC3)ccc2s1. The summed E-state index contributed by atoms with van der Waals surface area (Å²) in [5, 5.41) is 6.24. The zero-order valence-corrected chi connectivity index (χ0v) is 14.0. The smallest absolute Gasteiger partial charge is 0.224 e. The van der Waals surface area contributed by atoms with E-state index in [0.717, 1.165) is 15.9 Å². The van der Waals surface area contributed by atoms with Crippen molar-refractivity contribution in [2.45, 2.75) is 45.4 Å². The number of carbonyl (C=O) groups is 2. The third kappa shape index (κ3) is 4.28. The number of fused-ring (bicyclic) bond motifs is 1. The summed E-state index contributed by atoms with van der Waals surface area (Å²) in [6.07, 6.45) is 6.72. The van der Waals surface area contributed by atoms with Crippen LogP contribution in [0.5, 0.6) is 0 Å². The van der Waals surface area contributed by atoms with Gasteiger partial charge in [-0.15, -0.1) is 0 Å². The van der Waals surface area contributed by atoms with Crippen molar-refractivity contribution in [3.05, 3.63) is 18.2 Å². The van der Waals surface area contributed by atoms with E-state index < -0.39 is 0 Å². The molecule has 0 saturated heterocycles. The quantitative estimate of drug-likeness (QED) is 0.883. The van der Waals surface area contributed by atoms with Gasteiger partial charge >= 0.3 is 0 Å². The Bertz CT molecular complexity index is 720. The van der Waals surface area contributed by atoms with Crippen LogP contribution < -0.4 is 10.6 Å². The van der Waals surface area contributed by atoms with E-state index >= 15 is 0 Å². The number of aromatic nitrogens is 1. The molecule has 6 heteroatoms. The number of benzene rings is 1. The van der Waals surface area contributed by atoms with Crippen molar-refractivity contribution in [1.82, 2.24) is 4.98 Å². The Labute approximate surface area is 139 Å². The summed E-state index contributed by atoms with van der Waals surface area (Å²) in [4.78, 5) is 27.6. The molecular formula is C17H21N3O2S. The van der Waals surface area contributed by atoms with Crippen molar-refractivity contribution in [3.8, 4) is 0 Å². The first-order valence-corrected chi connectivity index (χ1v) is 8.90. The van der Waals surface area contributed by atoms with Crippen molar-refractivity contribution in [2.75, 3.05) is 10.6 Å². The molecule has 0 radical (unpaired) electrons. The molecule has 0 aliphatic heterocycles. The van der Waals surface area contributed by atoms with Gasteiger partial charge in [0.1, 0.15) is 0 Å². The predicted octanol–water partition coefficient (Wildman–Crippen LogP) is 4.16. The fourth-order valence-corrected chi connectivity index (χ4v) is 3.97. The molecule has 1 aromatic carbocycles. The summed E-state index contributed by atoms with van der Waals surface area (Å²) >= 11 is 1.43. The van der Waals surface area contributed by atoms with Crippen LogP contribution in [0.1, 0.15) is 45.4 Å². The van der Waals surface area contributed by atoms with E-state index in [4.69, 9.17) is 0 Å². The minimum Gasteiger partial charge on any atom is -0.326 e. The van der Waals surface area contributed by atoms with Crippen molar-refractivity contribution in [3.63, 3.8) is 0 Å². The van der Waals surface area contributed by atoms with E-state index in [-0.39, 0.29) is 11.8 Å². The van der Waals surface area contributed by atoms with Gasteiger partial charge in [0.25, 0.3) is 0 Å². The van der Waals surface area contributed by atoms with Crippen LogP contribution in [-0.4, -0.2) is 16.8 Å². The topological polar surface area (TPSA) is 71.1 Å². The first-order chi connectivity index (χ1) is 11.1. The van der Waals surface area contributed by atoms with Gasteiger partial charge in [0.2, 0.25) is 11.8 Å². The minimum absolute atomic E-state index is 0.0774. The van der Waals surface area contributed by atoms with Gasteiger partial charge in [-0.25, -0.2) is 4.98 Å². The predicted molar refractivity (Wildman–Crippen MR) is 93.7 cm³/mol. The van der Waals surface area contributed by atoms with Gasteiger partial charge < -0.3 is 10.6 Å². The Morgan fingerprint density at radius 1 is 1.22 bits per heavy atom. The van der Waals surface area contributed by atoms with Crippen molar-refractivity contribution >= 4 is 44.2 Å². The Hall–Kier alpha value is -1.95. The van der Waals surface area contributed by atoms with Crippen LogP contribution in [0.3, 0.4) is 0 Å². The van der Waals surface area contributed by atoms with E-state index in [1.54, 1.807) is 0 Å². The molecule has 1 heterocycles. The fraction of sp³-hybridized carbons (Fsp3) is 0.471. The highest BCUT2D eigenvalue weighted by Gasteiger charge is 2.17. The lowest BCUT2D eigenvalue weighted by Crippen LogP contribution is -2.18. The van der Waals surface area contributed by atoms with Crippen LogP contribution in [0.2, 0.25) is 0 Å². The second kappa shape index (κ2) is 7.08. The average molecular weight is 331 g/mol. The number of anilines is 2. The molecule has 0 unspecified atom stereocenters. The highest BCUT2D eigenvalue weighted by molar-refractivity contribution is 7.22. The number of amides is 2. The lowest BCUT2D eigenvalue weighted by atomic mass is 9.87. The van der Waals surface area contributed by atoms with E-state index in [9.17, 15) is 9.59 Å². The minimum atomic E-state index is -0.134. The Kier molecular flexibility index (Phi) is 4.91. The second-order valence-electron chi connectivity index (χ2n) is 6.14. The lowest BCUT2D eigenvalue weighted by Gasteiger charge is -2.20. The van der Waals surface area contributed by atoms with Crippen LogP contribution in [0.4, 0.5) is 10.8 Å². The van der Waals surface area contributed by atoms with Crippen molar-refractivity contribution < 1.29 is 9.59 Å². The Balaban J connectivity index is 1.65. The van der Waals surface area contributed by atoms with Crippen LogP contribution in [0, 0.1) is 5.92 Å². The van der Waals surface area contributed by atoms with Gasteiger partial charge in [0, 0.05) is 19.0 Å². The zero-order valence-electron chi connectivity index (χ0n) is 13.2. The third-order valence-electron chi connectivity index (χ3n) is 4.15. The van der Waals surface area contributed by atoms with Gasteiger partial charge in [-0.3, -0.25) is 9.59 Å². The highest BCUT2D eigenvalue weighted by Crippen LogP contribution is 2.29. The summed E-state index contributed by atoms with van der Waals surface area (Å²) in [6.45, 7) is 1.46. The van der Waals surface area contributed by atoms with Crippen LogP contribution in [0.25, 0.3) is 10.2 Å². The van der Waals surface area contributed by atoms with E-state index in [0.29, 0.717) is 17.5 Å². The highest BCUT2D eigenvalue weighted by atomic mass is 32.1. The largest absolute Gasteiger partial charge is 0.326 e. The number of nitrogens with one attached hydrogen (secondary N) is 2. The Morgan fingerprint density at radius 3 is 2.74 bits per heavy atom. The van der Waals surface area contributed by atoms with E-state index in [2.05, 4.69) is 15.6 Å². The van der Waals surface area contributed by atoms with Gasteiger partial charge in [-0.1, -0.05) is 30.6 Å². The zero-order chi connectivity index (χ0) is 16.2. The van der Waals surface area contributed by atoms with Gasteiger partial charge in [-0.05, 0) is 37.0 Å². The molecule has 1 saturated carbocycles. The summed E-state index contributed by atoms with van der Waals surface area (Å²) in [5.41, 5.74) is 1.55. The van der Waals surface area contributed by atoms with E-state index in [1.165, 1.54) is 50.4 Å². The molecule has 1 aromatic heterocycles. The molecule has 2 aromatic rings. The van der Waals surface area contributed by atoms with Crippen molar-refractivity contribution in [2.24, 2.45) is 5.92 Å². The van der Waals surface area contributed by atoms with Crippen LogP contribution in [0.15, 0.2) is 18.2 Å².